The molecule has 1 heterocycles. The molecule has 2 N–H and O–H groups in total. The van der Waals surface area contributed by atoms with Gasteiger partial charge in [0, 0.05) is 22.5 Å². The smallest absolute Gasteiger partial charge is 0.358 e. The standard InChI is InChI=1S/C18H20ClN3O4S/c1-3-7-20-16(24)11(2)21-15(23)9-26-18(25)14-10-27-17(22-14)12-5-4-6-13(19)8-12/h4-6,8,10-11H,3,7,9H2,1-2H3,(H,20,24)(H,21,23)/t11-/m1/s1. The van der Waals surface area contributed by atoms with Gasteiger partial charge in [-0.3, -0.25) is 9.59 Å². The van der Waals surface area contributed by atoms with E-state index in [1.807, 2.05) is 13.0 Å². The molecule has 0 radical (unpaired) electrons. The molecule has 0 saturated carbocycles. The van der Waals surface area contributed by atoms with Gasteiger partial charge in [0.15, 0.2) is 12.3 Å². The molecule has 0 spiro atoms. The van der Waals surface area contributed by atoms with Gasteiger partial charge in [0.2, 0.25) is 5.91 Å². The quantitative estimate of drug-likeness (QED) is 0.653. The fraction of sp³-hybridized carbons (Fsp3) is 0.333. The number of nitrogens with one attached hydrogen (secondary N) is 2. The van der Waals surface area contributed by atoms with Crippen molar-refractivity contribution in [2.24, 2.45) is 0 Å². The van der Waals surface area contributed by atoms with E-state index in [2.05, 4.69) is 15.6 Å². The normalized spacial score (nSPS) is 11.5. The number of esters is 1. The van der Waals surface area contributed by atoms with Crippen LogP contribution in [-0.2, 0) is 14.3 Å². The molecule has 1 aromatic carbocycles. The molecule has 2 amide bonds. The Bertz CT molecular complexity index is 824. The lowest BCUT2D eigenvalue weighted by Gasteiger charge is -2.13. The van der Waals surface area contributed by atoms with Crippen LogP contribution in [0.4, 0.5) is 0 Å². The Morgan fingerprint density at radius 3 is 2.81 bits per heavy atom. The average molecular weight is 410 g/mol. The maximum Gasteiger partial charge on any atom is 0.358 e. The predicted octanol–water partition coefficient (Wildman–Crippen LogP) is 2.65. The maximum absolute atomic E-state index is 12.1. The van der Waals surface area contributed by atoms with Gasteiger partial charge in [0.05, 0.1) is 0 Å². The molecule has 0 aliphatic heterocycles. The van der Waals surface area contributed by atoms with Crippen LogP contribution in [0.25, 0.3) is 10.6 Å². The highest BCUT2D eigenvalue weighted by Gasteiger charge is 2.18. The van der Waals surface area contributed by atoms with E-state index in [0.29, 0.717) is 16.6 Å². The minimum atomic E-state index is -0.712. The summed E-state index contributed by atoms with van der Waals surface area (Å²) in [7, 11) is 0. The van der Waals surface area contributed by atoms with Crippen molar-refractivity contribution in [3.63, 3.8) is 0 Å². The van der Waals surface area contributed by atoms with Crippen LogP contribution >= 0.6 is 22.9 Å². The van der Waals surface area contributed by atoms with Crippen LogP contribution in [0.2, 0.25) is 5.02 Å². The van der Waals surface area contributed by atoms with Crippen LogP contribution in [0.1, 0.15) is 30.8 Å². The number of hydrogen-bond acceptors (Lipinski definition) is 6. The van der Waals surface area contributed by atoms with E-state index >= 15 is 0 Å². The van der Waals surface area contributed by atoms with Gasteiger partial charge in [-0.15, -0.1) is 11.3 Å². The van der Waals surface area contributed by atoms with Crippen molar-refractivity contribution < 1.29 is 19.1 Å². The summed E-state index contributed by atoms with van der Waals surface area (Å²) in [6.07, 6.45) is 0.800. The Morgan fingerprint density at radius 2 is 2.11 bits per heavy atom. The third-order valence-corrected chi connectivity index (χ3v) is 4.57. The van der Waals surface area contributed by atoms with Crippen LogP contribution < -0.4 is 10.6 Å². The fourth-order valence-electron chi connectivity index (χ4n) is 2.08. The lowest BCUT2D eigenvalue weighted by molar-refractivity contribution is -0.130. The third kappa shape index (κ3) is 6.33. The van der Waals surface area contributed by atoms with Gasteiger partial charge in [0.25, 0.3) is 5.91 Å². The number of aromatic nitrogens is 1. The van der Waals surface area contributed by atoms with Crippen molar-refractivity contribution in [3.05, 3.63) is 40.4 Å². The number of benzene rings is 1. The predicted molar refractivity (Wildman–Crippen MR) is 104 cm³/mol. The molecule has 0 bridgehead atoms. The molecule has 2 aromatic rings. The van der Waals surface area contributed by atoms with E-state index < -0.39 is 24.5 Å². The molecule has 2 rings (SSSR count). The van der Waals surface area contributed by atoms with Gasteiger partial charge < -0.3 is 15.4 Å². The summed E-state index contributed by atoms with van der Waals surface area (Å²) < 4.78 is 4.96. The minimum Gasteiger partial charge on any atom is -0.451 e. The van der Waals surface area contributed by atoms with Crippen LogP contribution in [0.5, 0.6) is 0 Å². The Balaban J connectivity index is 1.85. The molecular formula is C18H20ClN3O4S. The first-order valence-electron chi connectivity index (χ1n) is 8.36. The zero-order valence-corrected chi connectivity index (χ0v) is 16.5. The second-order valence-electron chi connectivity index (χ2n) is 5.70. The monoisotopic (exact) mass is 409 g/mol. The number of amides is 2. The minimum absolute atomic E-state index is 0.108. The first-order chi connectivity index (χ1) is 12.9. The van der Waals surface area contributed by atoms with Gasteiger partial charge in [-0.25, -0.2) is 9.78 Å². The number of carbonyl (C=O) groups excluding carboxylic acids is 3. The van der Waals surface area contributed by atoms with Gasteiger partial charge in [0.1, 0.15) is 11.0 Å². The summed E-state index contributed by atoms with van der Waals surface area (Å²) in [5.41, 5.74) is 0.896. The molecule has 7 nitrogen and oxygen atoms in total. The van der Waals surface area contributed by atoms with Crippen molar-refractivity contribution >= 4 is 40.7 Å². The molecule has 144 valence electrons. The summed E-state index contributed by atoms with van der Waals surface area (Å²) in [4.78, 5) is 39.8. The molecule has 0 fully saturated rings. The summed E-state index contributed by atoms with van der Waals surface area (Å²) in [5.74, 6) is -1.56. The molecular weight excluding hydrogens is 390 g/mol. The van der Waals surface area contributed by atoms with Crippen LogP contribution in [0, 0.1) is 0 Å². The summed E-state index contributed by atoms with van der Waals surface area (Å²) in [6, 6.07) is 6.40. The Labute approximate surface area is 166 Å². The highest BCUT2D eigenvalue weighted by Crippen LogP contribution is 2.26. The van der Waals surface area contributed by atoms with Gasteiger partial charge >= 0.3 is 5.97 Å². The lowest BCUT2D eigenvalue weighted by atomic mass is 10.2. The van der Waals surface area contributed by atoms with Crippen molar-refractivity contribution in [1.82, 2.24) is 15.6 Å². The molecule has 9 heteroatoms. The molecule has 1 atom stereocenters. The number of ether oxygens (including phenoxy) is 1. The van der Waals surface area contributed by atoms with E-state index in [1.54, 1.807) is 30.5 Å². The van der Waals surface area contributed by atoms with Crippen LogP contribution in [-0.4, -0.2) is 42.0 Å². The first kappa shape index (κ1) is 20.9. The number of halogens is 1. The Morgan fingerprint density at radius 1 is 1.33 bits per heavy atom. The molecule has 0 saturated heterocycles. The van der Waals surface area contributed by atoms with Gasteiger partial charge in [-0.1, -0.05) is 30.7 Å². The average Bonchev–Trinajstić information content (AvgIpc) is 3.14. The largest absolute Gasteiger partial charge is 0.451 e. The van der Waals surface area contributed by atoms with Crippen LogP contribution in [0.15, 0.2) is 29.6 Å². The van der Waals surface area contributed by atoms with Gasteiger partial charge in [-0.05, 0) is 25.5 Å². The van der Waals surface area contributed by atoms with Crippen molar-refractivity contribution in [2.45, 2.75) is 26.3 Å². The van der Waals surface area contributed by atoms with Gasteiger partial charge in [-0.2, -0.15) is 0 Å². The number of thiazole rings is 1. The number of nitrogens with zero attached hydrogens (tertiary/aromatic N) is 1. The Hall–Kier alpha value is -2.45. The SMILES string of the molecule is CCCNC(=O)[C@@H](C)NC(=O)COC(=O)c1csc(-c2cccc(Cl)c2)n1. The van der Waals surface area contributed by atoms with Crippen LogP contribution in [0.3, 0.4) is 0 Å². The zero-order valence-electron chi connectivity index (χ0n) is 15.0. The van der Waals surface area contributed by atoms with E-state index in [-0.39, 0.29) is 11.6 Å². The number of carbonyl (C=O) groups is 3. The summed E-state index contributed by atoms with van der Waals surface area (Å²) in [6.45, 7) is 3.53. The van der Waals surface area contributed by atoms with E-state index in [4.69, 9.17) is 16.3 Å². The van der Waals surface area contributed by atoms with Crippen molar-refractivity contribution in [2.75, 3.05) is 13.2 Å². The molecule has 0 aliphatic rings. The zero-order chi connectivity index (χ0) is 19.8. The Kier molecular flexibility index (Phi) is 7.75. The summed E-state index contributed by atoms with van der Waals surface area (Å²) >= 11 is 7.22. The van der Waals surface area contributed by atoms with E-state index in [9.17, 15) is 14.4 Å². The summed E-state index contributed by atoms with van der Waals surface area (Å²) in [5, 5.41) is 7.89. The molecule has 1 aromatic heterocycles. The number of hydrogen-bond donors (Lipinski definition) is 2. The fourth-order valence-corrected chi connectivity index (χ4v) is 3.05. The topological polar surface area (TPSA) is 97.4 Å². The van der Waals surface area contributed by atoms with Crippen molar-refractivity contribution in [1.29, 1.82) is 0 Å². The second kappa shape index (κ2) is 10.0. The first-order valence-corrected chi connectivity index (χ1v) is 9.62. The molecule has 0 unspecified atom stereocenters. The highest BCUT2D eigenvalue weighted by molar-refractivity contribution is 7.13. The molecule has 27 heavy (non-hydrogen) atoms. The molecule has 0 aliphatic carbocycles. The van der Waals surface area contributed by atoms with E-state index in [1.165, 1.54) is 11.3 Å². The van der Waals surface area contributed by atoms with Crippen molar-refractivity contribution in [3.8, 4) is 10.6 Å². The second-order valence-corrected chi connectivity index (χ2v) is 7.00. The maximum atomic E-state index is 12.1. The lowest BCUT2D eigenvalue weighted by Crippen LogP contribution is -2.46. The third-order valence-electron chi connectivity index (χ3n) is 3.44. The highest BCUT2D eigenvalue weighted by atomic mass is 35.5. The van der Waals surface area contributed by atoms with E-state index in [0.717, 1.165) is 12.0 Å². The number of rotatable bonds is 8.